The quantitative estimate of drug-likeness (QED) is 0.749. The van der Waals surface area contributed by atoms with Crippen molar-refractivity contribution in [3.05, 3.63) is 65.3 Å². The van der Waals surface area contributed by atoms with Crippen LogP contribution in [-0.4, -0.2) is 4.98 Å². The molecular weight excluding hydrogens is 264 g/mol. The molecule has 0 saturated carbocycles. The van der Waals surface area contributed by atoms with Crippen molar-refractivity contribution in [2.24, 2.45) is 0 Å². The zero-order valence-corrected chi connectivity index (χ0v) is 12.5. The number of nitrogens with zero attached hydrogens (tertiary/aromatic N) is 1. The monoisotopic (exact) mass is 282 g/mol. The summed E-state index contributed by atoms with van der Waals surface area (Å²) in [5.41, 5.74) is 1.08. The van der Waals surface area contributed by atoms with Crippen LogP contribution in [0.1, 0.15) is 36.5 Å². The number of rotatable bonds is 4. The lowest BCUT2D eigenvalue weighted by Crippen LogP contribution is -2.22. The fourth-order valence-corrected chi connectivity index (χ4v) is 3.47. The lowest BCUT2D eigenvalue weighted by molar-refractivity contribution is 0.491. The molecule has 0 aliphatic rings. The zero-order chi connectivity index (χ0) is 13.9. The van der Waals surface area contributed by atoms with Gasteiger partial charge in [0.1, 0.15) is 0 Å². The lowest BCUT2D eigenvalue weighted by Gasteiger charge is -2.18. The molecule has 0 aliphatic heterocycles. The third-order valence-electron chi connectivity index (χ3n) is 3.50. The van der Waals surface area contributed by atoms with Crippen molar-refractivity contribution < 1.29 is 0 Å². The number of aromatic nitrogens is 1. The van der Waals surface area contributed by atoms with Crippen molar-refractivity contribution >= 4 is 21.4 Å². The molecule has 0 aliphatic carbocycles. The van der Waals surface area contributed by atoms with Crippen LogP contribution in [0.3, 0.4) is 0 Å². The molecule has 0 fully saturated rings. The van der Waals surface area contributed by atoms with E-state index in [1.807, 2.05) is 29.7 Å². The number of thiophene rings is 1. The van der Waals surface area contributed by atoms with Crippen LogP contribution >= 0.6 is 11.3 Å². The average Bonchev–Trinajstić information content (AvgIpc) is 2.92. The molecule has 2 unspecified atom stereocenters. The molecule has 2 nitrogen and oxygen atoms in total. The Bertz CT molecular complexity index is 657. The van der Waals surface area contributed by atoms with Crippen LogP contribution in [0.15, 0.2) is 54.7 Å². The minimum absolute atomic E-state index is 0.247. The summed E-state index contributed by atoms with van der Waals surface area (Å²) >= 11 is 1.86. The number of benzene rings is 1. The van der Waals surface area contributed by atoms with E-state index < -0.39 is 0 Å². The van der Waals surface area contributed by atoms with E-state index in [0.29, 0.717) is 6.04 Å². The molecule has 2 atom stereocenters. The standard InChI is InChI=1S/C17H18N2S/c1-12(15-8-5-6-10-18-15)19-13(2)17-11-14-7-3-4-9-16(14)20-17/h3-13,19H,1-2H3. The molecule has 0 amide bonds. The normalized spacial score (nSPS) is 14.3. The van der Waals surface area contributed by atoms with Gasteiger partial charge in [-0.1, -0.05) is 24.3 Å². The van der Waals surface area contributed by atoms with Crippen molar-refractivity contribution in [1.29, 1.82) is 0 Å². The molecular formula is C17H18N2S. The second-order valence-corrected chi connectivity index (χ2v) is 6.17. The maximum absolute atomic E-state index is 4.41. The first-order valence-electron chi connectivity index (χ1n) is 6.89. The van der Waals surface area contributed by atoms with Crippen LogP contribution < -0.4 is 5.32 Å². The second-order valence-electron chi connectivity index (χ2n) is 5.05. The summed E-state index contributed by atoms with van der Waals surface area (Å²) in [7, 11) is 0. The van der Waals surface area contributed by atoms with Crippen LogP contribution in [0, 0.1) is 0 Å². The minimum Gasteiger partial charge on any atom is -0.301 e. The second kappa shape index (κ2) is 5.73. The predicted octanol–water partition coefficient (Wildman–Crippen LogP) is 4.71. The molecule has 102 valence electrons. The molecule has 0 bridgehead atoms. The SMILES string of the molecule is CC(NC(C)c1cc2ccccc2s1)c1ccccn1. The molecule has 1 aromatic carbocycles. The summed E-state index contributed by atoms with van der Waals surface area (Å²) in [5, 5.41) is 4.95. The first-order chi connectivity index (χ1) is 9.74. The van der Waals surface area contributed by atoms with E-state index >= 15 is 0 Å². The maximum Gasteiger partial charge on any atom is 0.0570 e. The van der Waals surface area contributed by atoms with Gasteiger partial charge in [-0.05, 0) is 43.5 Å². The number of pyridine rings is 1. The Morgan fingerprint density at radius 2 is 1.80 bits per heavy atom. The Hall–Kier alpha value is -1.71. The van der Waals surface area contributed by atoms with Gasteiger partial charge in [-0.15, -0.1) is 11.3 Å². The summed E-state index contributed by atoms with van der Waals surface area (Å²) in [6.45, 7) is 4.37. The van der Waals surface area contributed by atoms with Crippen molar-refractivity contribution in [2.75, 3.05) is 0 Å². The van der Waals surface area contributed by atoms with Crippen molar-refractivity contribution in [2.45, 2.75) is 25.9 Å². The molecule has 0 saturated heterocycles. The molecule has 3 heteroatoms. The van der Waals surface area contributed by atoms with Crippen molar-refractivity contribution in [1.82, 2.24) is 10.3 Å². The van der Waals surface area contributed by atoms with E-state index in [4.69, 9.17) is 0 Å². The van der Waals surface area contributed by atoms with Gasteiger partial charge in [0, 0.05) is 27.9 Å². The van der Waals surface area contributed by atoms with E-state index in [1.165, 1.54) is 15.0 Å². The Balaban J connectivity index is 1.77. The average molecular weight is 282 g/mol. The smallest absolute Gasteiger partial charge is 0.0570 e. The zero-order valence-electron chi connectivity index (χ0n) is 11.7. The summed E-state index contributed by atoms with van der Waals surface area (Å²) in [6, 6.07) is 17.4. The van der Waals surface area contributed by atoms with Crippen LogP contribution in [-0.2, 0) is 0 Å². The molecule has 2 heterocycles. The molecule has 0 spiro atoms. The van der Waals surface area contributed by atoms with Crippen molar-refractivity contribution in [3.63, 3.8) is 0 Å². The van der Waals surface area contributed by atoms with Gasteiger partial charge in [0.2, 0.25) is 0 Å². The highest BCUT2D eigenvalue weighted by molar-refractivity contribution is 7.19. The van der Waals surface area contributed by atoms with Crippen molar-refractivity contribution in [3.8, 4) is 0 Å². The molecule has 3 aromatic rings. The molecule has 20 heavy (non-hydrogen) atoms. The van der Waals surface area contributed by atoms with Gasteiger partial charge in [0.25, 0.3) is 0 Å². The highest BCUT2D eigenvalue weighted by Gasteiger charge is 2.13. The van der Waals surface area contributed by atoms with E-state index in [0.717, 1.165) is 5.69 Å². The van der Waals surface area contributed by atoms with Gasteiger partial charge in [0.05, 0.1) is 5.69 Å². The third-order valence-corrected chi connectivity index (χ3v) is 4.80. The van der Waals surface area contributed by atoms with E-state index in [1.54, 1.807) is 0 Å². The highest BCUT2D eigenvalue weighted by Crippen LogP contribution is 2.30. The maximum atomic E-state index is 4.41. The molecule has 1 N–H and O–H groups in total. The van der Waals surface area contributed by atoms with Crippen LogP contribution in [0.2, 0.25) is 0 Å². The first-order valence-corrected chi connectivity index (χ1v) is 7.71. The summed E-state index contributed by atoms with van der Waals surface area (Å²) in [5.74, 6) is 0. The number of hydrogen-bond donors (Lipinski definition) is 1. The first kappa shape index (κ1) is 13.3. The summed E-state index contributed by atoms with van der Waals surface area (Å²) < 4.78 is 1.35. The molecule has 3 rings (SSSR count). The van der Waals surface area contributed by atoms with E-state index in [2.05, 4.69) is 60.5 Å². The molecule has 2 aromatic heterocycles. The van der Waals surface area contributed by atoms with Gasteiger partial charge in [0.15, 0.2) is 0 Å². The van der Waals surface area contributed by atoms with Gasteiger partial charge in [-0.25, -0.2) is 0 Å². The lowest BCUT2D eigenvalue weighted by atomic mass is 10.1. The van der Waals surface area contributed by atoms with E-state index in [9.17, 15) is 0 Å². The Morgan fingerprint density at radius 1 is 1.00 bits per heavy atom. The number of nitrogens with one attached hydrogen (secondary N) is 1. The predicted molar refractivity (Wildman–Crippen MR) is 86.0 cm³/mol. The van der Waals surface area contributed by atoms with Gasteiger partial charge in [-0.2, -0.15) is 0 Å². The Kier molecular flexibility index (Phi) is 3.81. The summed E-state index contributed by atoms with van der Waals surface area (Å²) in [4.78, 5) is 5.78. The van der Waals surface area contributed by atoms with Crippen LogP contribution in [0.5, 0.6) is 0 Å². The summed E-state index contributed by atoms with van der Waals surface area (Å²) in [6.07, 6.45) is 1.84. The van der Waals surface area contributed by atoms with E-state index in [-0.39, 0.29) is 6.04 Å². The van der Waals surface area contributed by atoms with Gasteiger partial charge < -0.3 is 5.32 Å². The van der Waals surface area contributed by atoms with Crippen LogP contribution in [0.4, 0.5) is 0 Å². The number of fused-ring (bicyclic) bond motifs is 1. The number of hydrogen-bond acceptors (Lipinski definition) is 3. The van der Waals surface area contributed by atoms with Gasteiger partial charge in [-0.3, -0.25) is 4.98 Å². The minimum atomic E-state index is 0.247. The largest absolute Gasteiger partial charge is 0.301 e. The topological polar surface area (TPSA) is 24.9 Å². The van der Waals surface area contributed by atoms with Crippen LogP contribution in [0.25, 0.3) is 10.1 Å². The fourth-order valence-electron chi connectivity index (χ4n) is 2.39. The fraction of sp³-hybridized carbons (Fsp3) is 0.235. The Labute approximate surface area is 123 Å². The van der Waals surface area contributed by atoms with Gasteiger partial charge >= 0.3 is 0 Å². The third kappa shape index (κ3) is 2.74. The Morgan fingerprint density at radius 3 is 2.55 bits per heavy atom. The molecule has 0 radical (unpaired) electrons. The highest BCUT2D eigenvalue weighted by atomic mass is 32.1.